The molecule has 0 unspecified atom stereocenters. The minimum absolute atomic E-state index is 0. The van der Waals surface area contributed by atoms with Gasteiger partial charge in [-0.15, -0.1) is 0 Å². The molecular formula is H3AuCaGaPd. The second kappa shape index (κ2) is 16.3. The largest absolute Gasteiger partial charge is 0 e. The van der Waals surface area contributed by atoms with Crippen LogP contribution >= 0.6 is 0 Å². The average Bonchev–Trinajstić information content (AvgIpc) is 0. The van der Waals surface area contributed by atoms with Gasteiger partial charge in [-0.1, -0.05) is 0 Å². The van der Waals surface area contributed by atoms with Gasteiger partial charge in [-0.3, -0.25) is 0 Å². The van der Waals surface area contributed by atoms with Crippen LogP contribution in [-0.2, 0) is 42.8 Å². The van der Waals surface area contributed by atoms with Gasteiger partial charge < -0.3 is 0 Å². The van der Waals surface area contributed by atoms with Crippen LogP contribution in [-0.4, -0.2) is 57.5 Å². The summed E-state index contributed by atoms with van der Waals surface area (Å²) in [6.45, 7) is 0. The molecule has 0 aliphatic heterocycles. The zero-order valence-electron chi connectivity index (χ0n) is 1.32. The van der Waals surface area contributed by atoms with Gasteiger partial charge in [0.2, 0.25) is 0 Å². The first-order chi connectivity index (χ1) is 0. The third-order valence-electron chi connectivity index (χ3n) is 0. The van der Waals surface area contributed by atoms with Crippen LogP contribution < -0.4 is 0 Å². The molecule has 29 valence electrons. The predicted octanol–water partition coefficient (Wildman–Crippen LogP) is -1.57. The molecule has 0 saturated heterocycles. The molecule has 0 aromatic rings. The van der Waals surface area contributed by atoms with E-state index in [1.165, 1.54) is 0 Å². The molecule has 0 amide bonds. The summed E-state index contributed by atoms with van der Waals surface area (Å²) in [4.78, 5) is 0. The maximum Gasteiger partial charge on any atom is 0 e. The summed E-state index contributed by atoms with van der Waals surface area (Å²) in [6.07, 6.45) is 0. The van der Waals surface area contributed by atoms with Gasteiger partial charge in [-0.2, -0.15) is 0 Å². The molecule has 3 radical (unpaired) electrons. The van der Waals surface area contributed by atoms with Crippen molar-refractivity contribution in [3.63, 3.8) is 0 Å². The van der Waals surface area contributed by atoms with E-state index in [1.807, 2.05) is 0 Å². The van der Waals surface area contributed by atoms with Crippen molar-refractivity contribution in [3.05, 3.63) is 0 Å². The Labute approximate surface area is 98.1 Å². The molecule has 0 aliphatic rings. The second-order valence-electron chi connectivity index (χ2n) is 0. The van der Waals surface area contributed by atoms with Crippen molar-refractivity contribution in [3.8, 4) is 0 Å². The molecule has 0 heterocycles. The van der Waals surface area contributed by atoms with Gasteiger partial charge in [0.15, 0.2) is 0 Å². The summed E-state index contributed by atoms with van der Waals surface area (Å²) in [6, 6.07) is 0. The minimum Gasteiger partial charge on any atom is 0 e. The fraction of sp³-hybridized carbons (Fsp3) is 0. The van der Waals surface area contributed by atoms with Crippen LogP contribution in [0.5, 0.6) is 0 Å². The number of hydrogen-bond donors (Lipinski definition) is 0. The van der Waals surface area contributed by atoms with Crippen LogP contribution in [0.4, 0.5) is 0 Å². The molecular weight excluding hydrogens is 413 g/mol. The van der Waals surface area contributed by atoms with Crippen molar-refractivity contribution in [1.82, 2.24) is 0 Å². The third kappa shape index (κ3) is 9.00. The van der Waals surface area contributed by atoms with Crippen LogP contribution in [0, 0.1) is 0 Å². The summed E-state index contributed by atoms with van der Waals surface area (Å²) < 4.78 is 0. The van der Waals surface area contributed by atoms with E-state index in [0.717, 1.165) is 0 Å². The van der Waals surface area contributed by atoms with Crippen LogP contribution in [0.15, 0.2) is 0 Å². The second-order valence-corrected chi connectivity index (χ2v) is 0. The summed E-state index contributed by atoms with van der Waals surface area (Å²) in [5.41, 5.74) is 0. The molecule has 0 aliphatic carbocycles. The monoisotopic (exact) mass is 415 g/mol. The van der Waals surface area contributed by atoms with Crippen LogP contribution in [0.2, 0.25) is 0 Å². The average molecular weight is 416 g/mol. The first kappa shape index (κ1) is 26.6. The maximum atomic E-state index is 0. The standard InChI is InChI=1S/Au.Ca.Ga.Pd.3H. The molecule has 0 nitrogen and oxygen atoms in total. The van der Waals surface area contributed by atoms with E-state index in [2.05, 4.69) is 0 Å². The van der Waals surface area contributed by atoms with Gasteiger partial charge in [0.1, 0.15) is 0 Å². The first-order valence-corrected chi connectivity index (χ1v) is 0. The summed E-state index contributed by atoms with van der Waals surface area (Å²) in [5, 5.41) is 0. The van der Waals surface area contributed by atoms with Gasteiger partial charge in [-0.05, 0) is 0 Å². The molecule has 0 aromatic heterocycles. The molecule has 0 rings (SSSR count). The maximum absolute atomic E-state index is 0. The van der Waals surface area contributed by atoms with Crippen molar-refractivity contribution in [1.29, 1.82) is 0 Å². The zero-order chi connectivity index (χ0) is 0. The van der Waals surface area contributed by atoms with E-state index in [0.29, 0.717) is 0 Å². The molecule has 0 fully saturated rings. The van der Waals surface area contributed by atoms with E-state index in [4.69, 9.17) is 0 Å². The van der Waals surface area contributed by atoms with E-state index in [-0.39, 0.29) is 100 Å². The van der Waals surface area contributed by atoms with Gasteiger partial charge >= 0.3 is 19.8 Å². The fourth-order valence-corrected chi connectivity index (χ4v) is 0. The van der Waals surface area contributed by atoms with E-state index in [9.17, 15) is 0 Å². The Kier molecular flexibility index (Phi) is 108. The van der Waals surface area contributed by atoms with Crippen molar-refractivity contribution >= 4 is 57.5 Å². The van der Waals surface area contributed by atoms with E-state index < -0.39 is 0 Å². The number of rotatable bonds is 0. The molecule has 0 N–H and O–H groups in total. The van der Waals surface area contributed by atoms with Gasteiger partial charge in [0, 0.05) is 80.5 Å². The van der Waals surface area contributed by atoms with E-state index >= 15 is 0 Å². The SMILES string of the molecule is [Au].[Ca].[GaH3].[Pd]. The summed E-state index contributed by atoms with van der Waals surface area (Å²) in [7, 11) is 0. The quantitative estimate of drug-likeness (QED) is 0.419. The van der Waals surface area contributed by atoms with Crippen molar-refractivity contribution in [2.24, 2.45) is 0 Å². The minimum atomic E-state index is 0. The van der Waals surface area contributed by atoms with Gasteiger partial charge in [-0.25, -0.2) is 0 Å². The Morgan fingerprint density at radius 2 is 1.00 bits per heavy atom. The Hall–Kier alpha value is 3.30. The van der Waals surface area contributed by atoms with Crippen molar-refractivity contribution < 1.29 is 42.8 Å². The van der Waals surface area contributed by atoms with Gasteiger partial charge in [0.25, 0.3) is 0 Å². The molecule has 0 aromatic carbocycles. The molecule has 4 heteroatoms. The predicted molar refractivity (Wildman–Crippen MR) is 15.7 cm³/mol. The third-order valence-corrected chi connectivity index (χ3v) is 0. The Bertz CT molecular complexity index is 8.00. The molecule has 0 bridgehead atoms. The summed E-state index contributed by atoms with van der Waals surface area (Å²) >= 11 is 0. The first-order valence-electron chi connectivity index (χ1n) is 0. The van der Waals surface area contributed by atoms with E-state index in [1.54, 1.807) is 0 Å². The topological polar surface area (TPSA) is 0 Å². The Morgan fingerprint density at radius 1 is 1.00 bits per heavy atom. The molecule has 0 atom stereocenters. The van der Waals surface area contributed by atoms with Crippen LogP contribution in [0.25, 0.3) is 0 Å². The van der Waals surface area contributed by atoms with Crippen LogP contribution in [0.3, 0.4) is 0 Å². The van der Waals surface area contributed by atoms with Crippen molar-refractivity contribution in [2.75, 3.05) is 0 Å². The molecule has 0 saturated carbocycles. The van der Waals surface area contributed by atoms with Crippen LogP contribution in [0.1, 0.15) is 0 Å². The Balaban J connectivity index is 0. The fourth-order valence-electron chi connectivity index (χ4n) is 0. The van der Waals surface area contributed by atoms with Gasteiger partial charge in [0.05, 0.1) is 0 Å². The van der Waals surface area contributed by atoms with Crippen molar-refractivity contribution in [2.45, 2.75) is 0 Å². The molecule has 0 spiro atoms. The smallest absolute Gasteiger partial charge is 0 e. The normalized spacial score (nSPS) is 0. The zero-order valence-corrected chi connectivity index (χ0v) is 7.25. The summed E-state index contributed by atoms with van der Waals surface area (Å²) in [5.74, 6) is 0. The Morgan fingerprint density at radius 3 is 1.00 bits per heavy atom. The molecule has 4 heavy (non-hydrogen) atoms. The number of hydrogen-bond acceptors (Lipinski definition) is 0.